The SMILES string of the molecule is NC(=O)C(=O)NCO[PH](=O)O. The van der Waals surface area contributed by atoms with Gasteiger partial charge in [-0.1, -0.05) is 0 Å². The molecule has 0 aliphatic carbocycles. The topological polar surface area (TPSA) is 119 Å². The van der Waals surface area contributed by atoms with E-state index in [2.05, 4.69) is 10.3 Å². The van der Waals surface area contributed by atoms with Crippen LogP contribution in [0.15, 0.2) is 0 Å². The third-order valence-electron chi connectivity index (χ3n) is 0.652. The fraction of sp³-hybridized carbons (Fsp3) is 0.333. The van der Waals surface area contributed by atoms with Crippen LogP contribution in [-0.2, 0) is 18.7 Å². The molecule has 0 bridgehead atoms. The Hall–Kier alpha value is -0.910. The molecule has 0 radical (unpaired) electrons. The van der Waals surface area contributed by atoms with Crippen LogP contribution in [0.3, 0.4) is 0 Å². The van der Waals surface area contributed by atoms with Gasteiger partial charge in [-0.2, -0.15) is 0 Å². The van der Waals surface area contributed by atoms with Crippen molar-refractivity contribution in [1.29, 1.82) is 0 Å². The van der Waals surface area contributed by atoms with Crippen LogP contribution in [0.5, 0.6) is 0 Å². The number of amides is 2. The molecule has 0 saturated heterocycles. The zero-order chi connectivity index (χ0) is 8.85. The molecule has 64 valence electrons. The van der Waals surface area contributed by atoms with E-state index >= 15 is 0 Å². The van der Waals surface area contributed by atoms with E-state index < -0.39 is 26.8 Å². The van der Waals surface area contributed by atoms with Crippen molar-refractivity contribution in [2.45, 2.75) is 0 Å². The minimum absolute atomic E-state index is 0.504. The second kappa shape index (κ2) is 4.84. The van der Waals surface area contributed by atoms with Gasteiger partial charge in [-0.05, 0) is 0 Å². The summed E-state index contributed by atoms with van der Waals surface area (Å²) in [5.41, 5.74) is 4.51. The smallest absolute Gasteiger partial charge is 0.318 e. The largest absolute Gasteiger partial charge is 0.361 e. The molecule has 1 unspecified atom stereocenters. The average molecular weight is 182 g/mol. The normalized spacial score (nSPS) is 12.1. The maximum atomic E-state index is 10.3. The number of hydrogen-bond acceptors (Lipinski definition) is 4. The molecule has 0 rings (SSSR count). The van der Waals surface area contributed by atoms with E-state index in [4.69, 9.17) is 4.89 Å². The lowest BCUT2D eigenvalue weighted by atomic mass is 10.6. The summed E-state index contributed by atoms with van der Waals surface area (Å²) < 4.78 is 13.9. The molecule has 1 atom stereocenters. The molecular formula is C3H7N2O5P. The highest BCUT2D eigenvalue weighted by Crippen LogP contribution is 2.11. The number of nitrogens with two attached hydrogens (primary N) is 1. The Kier molecular flexibility index (Phi) is 4.44. The predicted octanol–water partition coefficient (Wildman–Crippen LogP) is -2.06. The first-order valence-electron chi connectivity index (χ1n) is 2.47. The van der Waals surface area contributed by atoms with Crippen molar-refractivity contribution in [3.8, 4) is 0 Å². The van der Waals surface area contributed by atoms with E-state index in [1.54, 1.807) is 0 Å². The summed E-state index contributed by atoms with van der Waals surface area (Å²) in [5, 5.41) is 1.84. The zero-order valence-corrected chi connectivity index (χ0v) is 6.36. The lowest BCUT2D eigenvalue weighted by Gasteiger charge is -1.99. The minimum Gasteiger partial charge on any atom is -0.361 e. The predicted molar refractivity (Wildman–Crippen MR) is 34.5 cm³/mol. The van der Waals surface area contributed by atoms with Crippen molar-refractivity contribution in [3.05, 3.63) is 0 Å². The first-order chi connectivity index (χ1) is 5.04. The number of primary amides is 1. The summed E-state index contributed by atoms with van der Waals surface area (Å²) in [5.74, 6) is -2.24. The molecule has 11 heavy (non-hydrogen) atoms. The summed E-state index contributed by atoms with van der Waals surface area (Å²) in [6, 6.07) is 0. The second-order valence-corrected chi connectivity index (χ2v) is 2.25. The summed E-state index contributed by atoms with van der Waals surface area (Å²) in [6.07, 6.45) is 0. The van der Waals surface area contributed by atoms with Crippen LogP contribution in [0.2, 0.25) is 0 Å². The number of rotatable bonds is 3. The van der Waals surface area contributed by atoms with Crippen LogP contribution in [-0.4, -0.2) is 23.4 Å². The van der Waals surface area contributed by atoms with Gasteiger partial charge in [0.25, 0.3) is 0 Å². The van der Waals surface area contributed by atoms with Gasteiger partial charge < -0.3 is 15.9 Å². The molecule has 0 aromatic heterocycles. The molecular weight excluding hydrogens is 175 g/mol. The minimum atomic E-state index is -3.07. The van der Waals surface area contributed by atoms with E-state index in [0.29, 0.717) is 0 Å². The molecule has 4 N–H and O–H groups in total. The van der Waals surface area contributed by atoms with Crippen molar-refractivity contribution in [3.63, 3.8) is 0 Å². The van der Waals surface area contributed by atoms with E-state index in [0.717, 1.165) is 0 Å². The highest BCUT2D eigenvalue weighted by molar-refractivity contribution is 7.32. The summed E-state index contributed by atoms with van der Waals surface area (Å²) in [7, 11) is -3.07. The standard InChI is InChI=1S/C3H7N2O5P/c4-2(6)3(7)5-1-10-11(8)9/h11H,1H2,(H2,4,6)(H,5,7)(H,8,9). The Morgan fingerprint density at radius 2 is 2.18 bits per heavy atom. The third kappa shape index (κ3) is 5.53. The molecule has 7 nitrogen and oxygen atoms in total. The summed E-state index contributed by atoms with van der Waals surface area (Å²) in [4.78, 5) is 28.3. The van der Waals surface area contributed by atoms with Gasteiger partial charge in [-0.15, -0.1) is 0 Å². The van der Waals surface area contributed by atoms with Crippen LogP contribution in [0.25, 0.3) is 0 Å². The van der Waals surface area contributed by atoms with E-state index in [9.17, 15) is 14.2 Å². The highest BCUT2D eigenvalue weighted by atomic mass is 31.1. The summed E-state index contributed by atoms with van der Waals surface area (Å²) >= 11 is 0. The van der Waals surface area contributed by atoms with Crippen molar-refractivity contribution >= 4 is 20.1 Å². The van der Waals surface area contributed by atoms with Gasteiger partial charge in [0.2, 0.25) is 0 Å². The van der Waals surface area contributed by atoms with Gasteiger partial charge in [0.05, 0.1) is 0 Å². The molecule has 0 saturated carbocycles. The van der Waals surface area contributed by atoms with Crippen molar-refractivity contribution < 1.29 is 23.6 Å². The average Bonchev–Trinajstić information content (AvgIpc) is 1.86. The van der Waals surface area contributed by atoms with Crippen molar-refractivity contribution in [2.75, 3.05) is 6.73 Å². The Bertz CT molecular complexity index is 192. The molecule has 8 heteroatoms. The van der Waals surface area contributed by atoms with Crippen LogP contribution < -0.4 is 11.1 Å². The molecule has 0 aliphatic heterocycles. The molecule has 0 aromatic rings. The Morgan fingerprint density at radius 3 is 2.55 bits per heavy atom. The number of nitrogens with one attached hydrogen (secondary N) is 1. The molecule has 0 heterocycles. The number of carbonyl (C=O) groups excluding carboxylic acids is 2. The van der Waals surface area contributed by atoms with Gasteiger partial charge in [0.1, 0.15) is 6.73 Å². The van der Waals surface area contributed by atoms with Gasteiger partial charge in [-0.25, -0.2) is 0 Å². The molecule has 0 spiro atoms. The zero-order valence-electron chi connectivity index (χ0n) is 5.36. The van der Waals surface area contributed by atoms with Gasteiger partial charge >= 0.3 is 20.1 Å². The van der Waals surface area contributed by atoms with E-state index in [1.807, 2.05) is 5.32 Å². The van der Waals surface area contributed by atoms with Crippen LogP contribution in [0, 0.1) is 0 Å². The summed E-state index contributed by atoms with van der Waals surface area (Å²) in [6.45, 7) is -0.504. The van der Waals surface area contributed by atoms with Gasteiger partial charge in [0, 0.05) is 0 Å². The Balaban J connectivity index is 3.47. The fourth-order valence-electron chi connectivity index (χ4n) is 0.250. The van der Waals surface area contributed by atoms with Gasteiger partial charge in [-0.3, -0.25) is 18.7 Å². The van der Waals surface area contributed by atoms with E-state index in [-0.39, 0.29) is 0 Å². The monoisotopic (exact) mass is 182 g/mol. The first-order valence-corrected chi connectivity index (χ1v) is 3.73. The highest BCUT2D eigenvalue weighted by Gasteiger charge is 2.06. The molecule has 0 aliphatic rings. The second-order valence-electron chi connectivity index (χ2n) is 1.42. The molecule has 2 amide bonds. The van der Waals surface area contributed by atoms with Gasteiger partial charge in [0.15, 0.2) is 0 Å². The number of carbonyl (C=O) groups is 2. The fourth-order valence-corrected chi connectivity index (χ4v) is 0.446. The molecule has 0 aromatic carbocycles. The molecule has 0 fully saturated rings. The number of hydrogen-bond donors (Lipinski definition) is 3. The Morgan fingerprint density at radius 1 is 1.64 bits per heavy atom. The van der Waals surface area contributed by atoms with E-state index in [1.165, 1.54) is 0 Å². The van der Waals surface area contributed by atoms with Crippen molar-refractivity contribution in [2.24, 2.45) is 5.73 Å². The first kappa shape index (κ1) is 10.1. The van der Waals surface area contributed by atoms with Crippen molar-refractivity contribution in [1.82, 2.24) is 5.32 Å². The maximum absolute atomic E-state index is 10.3. The lowest BCUT2D eigenvalue weighted by molar-refractivity contribution is -0.137. The quantitative estimate of drug-likeness (QED) is 0.263. The van der Waals surface area contributed by atoms with Crippen LogP contribution in [0.4, 0.5) is 0 Å². The third-order valence-corrected chi connectivity index (χ3v) is 1.04. The Labute approximate surface area is 62.5 Å². The van der Waals surface area contributed by atoms with Crippen LogP contribution in [0.1, 0.15) is 0 Å². The lowest BCUT2D eigenvalue weighted by Crippen LogP contribution is -2.36. The maximum Gasteiger partial charge on any atom is 0.318 e. The van der Waals surface area contributed by atoms with Crippen LogP contribution >= 0.6 is 8.25 Å².